The van der Waals surface area contributed by atoms with Gasteiger partial charge in [0.2, 0.25) is 0 Å². The number of rotatable bonds is 4. The van der Waals surface area contributed by atoms with Crippen molar-refractivity contribution in [3.63, 3.8) is 0 Å². The van der Waals surface area contributed by atoms with Crippen LogP contribution in [0.3, 0.4) is 0 Å². The Hall–Kier alpha value is -0.550. The van der Waals surface area contributed by atoms with Gasteiger partial charge >= 0.3 is 0 Å². The van der Waals surface area contributed by atoms with Crippen molar-refractivity contribution in [3.05, 3.63) is 28.2 Å². The highest BCUT2D eigenvalue weighted by Crippen LogP contribution is 2.31. The van der Waals surface area contributed by atoms with Crippen molar-refractivity contribution >= 4 is 37.8 Å². The Kier molecular flexibility index (Phi) is 5.90. The second-order valence-electron chi connectivity index (χ2n) is 5.33. The summed E-state index contributed by atoms with van der Waals surface area (Å²) in [4.78, 5) is 12.1. The Bertz CT molecular complexity index is 479. The molecule has 1 saturated carbocycles. The van der Waals surface area contributed by atoms with E-state index in [0.29, 0.717) is 23.9 Å². The lowest BCUT2D eigenvalue weighted by molar-refractivity contribution is 0.0934. The zero-order valence-electron chi connectivity index (χ0n) is 11.2. The van der Waals surface area contributed by atoms with Gasteiger partial charge in [-0.2, -0.15) is 0 Å². The first kappa shape index (κ1) is 15.8. The van der Waals surface area contributed by atoms with Crippen molar-refractivity contribution in [2.75, 3.05) is 11.9 Å². The molecule has 1 aliphatic carbocycles. The lowest BCUT2D eigenvalue weighted by atomic mass is 9.80. The third-order valence-corrected chi connectivity index (χ3v) is 5.32. The van der Waals surface area contributed by atoms with Crippen LogP contribution in [-0.4, -0.2) is 22.9 Å². The first-order chi connectivity index (χ1) is 9.61. The molecule has 1 amide bonds. The van der Waals surface area contributed by atoms with E-state index in [1.54, 1.807) is 12.1 Å². The Morgan fingerprint density at radius 2 is 2.00 bits per heavy atom. The number of halogens is 2. The maximum absolute atomic E-state index is 12.1. The first-order valence-electron chi connectivity index (χ1n) is 6.94. The predicted octanol–water partition coefficient (Wildman–Crippen LogP) is 4.09. The first-order valence-corrected chi connectivity index (χ1v) is 8.86. The predicted molar refractivity (Wildman–Crippen MR) is 87.4 cm³/mol. The number of phenols is 1. The number of amides is 1. The molecule has 110 valence electrons. The van der Waals surface area contributed by atoms with Crippen LogP contribution in [0.15, 0.2) is 22.7 Å². The summed E-state index contributed by atoms with van der Waals surface area (Å²) in [6, 6.07) is 4.94. The third-order valence-electron chi connectivity index (χ3n) is 3.99. The molecule has 1 aliphatic rings. The van der Waals surface area contributed by atoms with Gasteiger partial charge in [-0.25, -0.2) is 0 Å². The van der Waals surface area contributed by atoms with E-state index >= 15 is 0 Å². The fourth-order valence-electron chi connectivity index (χ4n) is 2.77. The molecule has 0 aliphatic heterocycles. The second kappa shape index (κ2) is 7.46. The molecule has 5 heteroatoms. The lowest BCUT2D eigenvalue weighted by Crippen LogP contribution is -2.34. The average molecular weight is 405 g/mol. The van der Waals surface area contributed by atoms with Crippen molar-refractivity contribution in [2.24, 2.45) is 11.8 Å². The van der Waals surface area contributed by atoms with E-state index in [1.165, 1.54) is 31.7 Å². The molecule has 0 heterocycles. The summed E-state index contributed by atoms with van der Waals surface area (Å²) in [7, 11) is 0. The Balaban J connectivity index is 1.94. The fourth-order valence-corrected chi connectivity index (χ4v) is 3.97. The lowest BCUT2D eigenvalue weighted by Gasteiger charge is -2.30. The molecule has 0 saturated heterocycles. The maximum Gasteiger partial charge on any atom is 0.255 e. The van der Waals surface area contributed by atoms with E-state index in [-0.39, 0.29) is 11.7 Å². The van der Waals surface area contributed by atoms with Gasteiger partial charge in [0.05, 0.1) is 5.56 Å². The van der Waals surface area contributed by atoms with Gasteiger partial charge in [-0.3, -0.25) is 4.79 Å². The van der Waals surface area contributed by atoms with E-state index < -0.39 is 0 Å². The van der Waals surface area contributed by atoms with Crippen molar-refractivity contribution in [2.45, 2.75) is 25.7 Å². The summed E-state index contributed by atoms with van der Waals surface area (Å²) in [5, 5.41) is 13.8. The maximum atomic E-state index is 12.1. The molecule has 1 aromatic rings. The number of hydrogen-bond donors (Lipinski definition) is 2. The highest BCUT2D eigenvalue weighted by atomic mass is 79.9. The zero-order valence-corrected chi connectivity index (χ0v) is 14.4. The molecule has 2 rings (SSSR count). The molecule has 0 radical (unpaired) electrons. The van der Waals surface area contributed by atoms with Crippen molar-refractivity contribution in [1.82, 2.24) is 5.32 Å². The van der Waals surface area contributed by atoms with E-state index in [4.69, 9.17) is 0 Å². The van der Waals surface area contributed by atoms with Crippen molar-refractivity contribution in [1.29, 1.82) is 0 Å². The smallest absolute Gasteiger partial charge is 0.255 e. The van der Waals surface area contributed by atoms with Gasteiger partial charge in [-0.1, -0.05) is 44.7 Å². The zero-order chi connectivity index (χ0) is 14.5. The molecule has 2 atom stereocenters. The monoisotopic (exact) mass is 403 g/mol. The van der Waals surface area contributed by atoms with Gasteiger partial charge in [0.25, 0.3) is 5.91 Å². The van der Waals surface area contributed by atoms with Crippen LogP contribution in [0.2, 0.25) is 0 Å². The van der Waals surface area contributed by atoms with E-state index in [2.05, 4.69) is 37.2 Å². The molecule has 20 heavy (non-hydrogen) atoms. The van der Waals surface area contributed by atoms with Crippen LogP contribution in [0.4, 0.5) is 0 Å². The minimum absolute atomic E-state index is 0.0116. The van der Waals surface area contributed by atoms with Gasteiger partial charge in [-0.05, 0) is 42.9 Å². The molecule has 0 aromatic heterocycles. The third kappa shape index (κ3) is 3.98. The average Bonchev–Trinajstić information content (AvgIpc) is 2.45. The van der Waals surface area contributed by atoms with Gasteiger partial charge in [0.15, 0.2) is 0 Å². The number of nitrogens with one attached hydrogen (secondary N) is 1. The van der Waals surface area contributed by atoms with Crippen molar-refractivity contribution in [3.8, 4) is 5.75 Å². The molecular weight excluding hydrogens is 386 g/mol. The highest BCUT2D eigenvalue weighted by Gasteiger charge is 2.24. The standard InChI is InChI=1S/C15H19Br2NO2/c16-8-10-3-1-2-4-11(10)9-18-15(20)13-6-5-12(17)7-14(13)19/h5-7,10-11,19H,1-4,8-9H2,(H,18,20). The summed E-state index contributed by atoms with van der Waals surface area (Å²) in [5.74, 6) is 0.985. The number of alkyl halides is 1. The SMILES string of the molecule is O=C(NCC1CCCCC1CBr)c1ccc(Br)cc1O. The molecule has 3 nitrogen and oxygen atoms in total. The Morgan fingerprint density at radius 1 is 1.30 bits per heavy atom. The van der Waals surface area contributed by atoms with Gasteiger partial charge in [0.1, 0.15) is 5.75 Å². The van der Waals surface area contributed by atoms with Crippen molar-refractivity contribution < 1.29 is 9.90 Å². The van der Waals surface area contributed by atoms with Gasteiger partial charge in [-0.15, -0.1) is 0 Å². The van der Waals surface area contributed by atoms with Crippen LogP contribution in [0.1, 0.15) is 36.0 Å². The topological polar surface area (TPSA) is 49.3 Å². The van der Waals surface area contributed by atoms with Crippen LogP contribution >= 0.6 is 31.9 Å². The summed E-state index contributed by atoms with van der Waals surface area (Å²) < 4.78 is 0.762. The number of carbonyl (C=O) groups excluding carboxylic acids is 1. The van der Waals surface area contributed by atoms with Crippen LogP contribution in [0, 0.1) is 11.8 Å². The number of benzene rings is 1. The van der Waals surface area contributed by atoms with Crippen LogP contribution in [0.25, 0.3) is 0 Å². The normalized spacial score (nSPS) is 22.5. The Labute approximate surface area is 136 Å². The quantitative estimate of drug-likeness (QED) is 0.742. The molecule has 1 aromatic carbocycles. The Morgan fingerprint density at radius 3 is 2.65 bits per heavy atom. The largest absolute Gasteiger partial charge is 0.507 e. The fraction of sp³-hybridized carbons (Fsp3) is 0.533. The second-order valence-corrected chi connectivity index (χ2v) is 6.89. The summed E-state index contributed by atoms with van der Waals surface area (Å²) >= 11 is 6.83. The molecule has 0 bridgehead atoms. The minimum atomic E-state index is -0.200. The molecule has 2 unspecified atom stereocenters. The highest BCUT2D eigenvalue weighted by molar-refractivity contribution is 9.10. The van der Waals surface area contributed by atoms with E-state index in [9.17, 15) is 9.90 Å². The summed E-state index contributed by atoms with van der Waals surface area (Å²) in [6.07, 6.45) is 4.93. The number of hydrogen-bond acceptors (Lipinski definition) is 2. The summed E-state index contributed by atoms with van der Waals surface area (Å²) in [6.45, 7) is 0.685. The number of phenolic OH excluding ortho intramolecular Hbond substituents is 1. The minimum Gasteiger partial charge on any atom is -0.507 e. The summed E-state index contributed by atoms with van der Waals surface area (Å²) in [5.41, 5.74) is 0.333. The molecule has 0 spiro atoms. The van der Waals surface area contributed by atoms with E-state index in [1.807, 2.05) is 0 Å². The molecule has 1 fully saturated rings. The number of aromatic hydroxyl groups is 1. The van der Waals surface area contributed by atoms with Gasteiger partial charge < -0.3 is 10.4 Å². The molecular formula is C15H19Br2NO2. The van der Waals surface area contributed by atoms with Crippen LogP contribution in [-0.2, 0) is 0 Å². The van der Waals surface area contributed by atoms with E-state index in [0.717, 1.165) is 9.80 Å². The van der Waals surface area contributed by atoms with Crippen LogP contribution in [0.5, 0.6) is 5.75 Å². The van der Waals surface area contributed by atoms with Crippen LogP contribution < -0.4 is 5.32 Å². The van der Waals surface area contributed by atoms with Gasteiger partial charge in [0, 0.05) is 16.3 Å². The number of carbonyl (C=O) groups is 1. The molecule has 2 N–H and O–H groups in total.